The number of ether oxygens (including phenoxy) is 1. The van der Waals surface area contributed by atoms with Gasteiger partial charge >= 0.3 is 5.97 Å². The molecule has 0 aliphatic rings. The van der Waals surface area contributed by atoms with Crippen LogP contribution in [0.25, 0.3) is 0 Å². The number of esters is 1. The van der Waals surface area contributed by atoms with Gasteiger partial charge in [0.2, 0.25) is 0 Å². The molecule has 1 N–H and O–H groups in total. The Hall–Kier alpha value is -2.34. The summed E-state index contributed by atoms with van der Waals surface area (Å²) in [5.41, 5.74) is 1.51. The lowest BCUT2D eigenvalue weighted by molar-refractivity contribution is -0.146. The molecule has 126 valence electrons. The van der Waals surface area contributed by atoms with Gasteiger partial charge < -0.3 is 10.1 Å². The summed E-state index contributed by atoms with van der Waals surface area (Å²) in [5.74, 6) is -0.810. The van der Waals surface area contributed by atoms with Crippen LogP contribution in [-0.4, -0.2) is 24.2 Å². The highest BCUT2D eigenvalue weighted by molar-refractivity contribution is 7.99. The van der Waals surface area contributed by atoms with E-state index in [2.05, 4.69) is 5.32 Å². The highest BCUT2D eigenvalue weighted by Gasteiger charge is 2.08. The minimum absolute atomic E-state index is 0.214. The molecule has 1 amide bonds. The number of anilines is 1. The first-order valence-electron chi connectivity index (χ1n) is 7.43. The van der Waals surface area contributed by atoms with Crippen molar-refractivity contribution in [2.45, 2.75) is 18.2 Å². The van der Waals surface area contributed by atoms with Crippen LogP contribution in [0, 0.1) is 12.7 Å². The summed E-state index contributed by atoms with van der Waals surface area (Å²) in [6, 6.07) is 13.5. The van der Waals surface area contributed by atoms with Crippen molar-refractivity contribution in [3.8, 4) is 0 Å². The number of hydrogen-bond donors (Lipinski definition) is 1. The predicted octanol–water partition coefficient (Wildman–Crippen LogP) is 3.80. The second kappa shape index (κ2) is 9.08. The normalized spacial score (nSPS) is 10.2. The van der Waals surface area contributed by atoms with E-state index in [1.165, 1.54) is 23.8 Å². The summed E-state index contributed by atoms with van der Waals surface area (Å²) in [4.78, 5) is 24.3. The fraction of sp³-hybridized carbons (Fsp3) is 0.222. The standard InChI is InChI=1S/C18H18FNO3S/c1-13-5-7-16(8-6-13)24-10-9-18(22)23-12-17(21)20-15-4-2-3-14(19)11-15/h2-8,11H,9-10,12H2,1H3,(H,20,21). The fourth-order valence-electron chi connectivity index (χ4n) is 1.87. The largest absolute Gasteiger partial charge is 0.456 e. The lowest BCUT2D eigenvalue weighted by Crippen LogP contribution is -2.21. The minimum Gasteiger partial charge on any atom is -0.456 e. The summed E-state index contributed by atoms with van der Waals surface area (Å²) < 4.78 is 17.9. The Balaban J connectivity index is 1.65. The Morgan fingerprint density at radius 1 is 1.17 bits per heavy atom. The van der Waals surface area contributed by atoms with Crippen molar-refractivity contribution in [2.75, 3.05) is 17.7 Å². The maximum Gasteiger partial charge on any atom is 0.307 e. The number of aryl methyl sites for hydroxylation is 1. The third-order valence-corrected chi connectivity index (χ3v) is 4.08. The molecule has 0 fully saturated rings. The van der Waals surface area contributed by atoms with Crippen LogP contribution in [0.3, 0.4) is 0 Å². The maximum absolute atomic E-state index is 13.0. The number of thioether (sulfide) groups is 1. The van der Waals surface area contributed by atoms with E-state index >= 15 is 0 Å². The Morgan fingerprint density at radius 2 is 1.92 bits per heavy atom. The number of amides is 1. The van der Waals surface area contributed by atoms with Gasteiger partial charge in [-0.15, -0.1) is 11.8 Å². The van der Waals surface area contributed by atoms with Crippen molar-refractivity contribution in [3.63, 3.8) is 0 Å². The highest BCUT2D eigenvalue weighted by atomic mass is 32.2. The fourth-order valence-corrected chi connectivity index (χ4v) is 2.70. The number of halogens is 1. The smallest absolute Gasteiger partial charge is 0.307 e. The molecular formula is C18H18FNO3S. The molecule has 4 nitrogen and oxygen atoms in total. The molecule has 0 spiro atoms. The van der Waals surface area contributed by atoms with Crippen LogP contribution in [0.4, 0.5) is 10.1 Å². The molecule has 0 aromatic heterocycles. The van der Waals surface area contributed by atoms with Gasteiger partial charge in [0, 0.05) is 16.3 Å². The molecule has 2 aromatic carbocycles. The van der Waals surface area contributed by atoms with Gasteiger partial charge in [-0.25, -0.2) is 4.39 Å². The van der Waals surface area contributed by atoms with Gasteiger partial charge in [-0.05, 0) is 37.3 Å². The van der Waals surface area contributed by atoms with E-state index in [1.807, 2.05) is 31.2 Å². The second-order valence-corrected chi connectivity index (χ2v) is 6.30. The molecule has 2 rings (SSSR count). The zero-order valence-corrected chi connectivity index (χ0v) is 14.1. The van der Waals surface area contributed by atoms with E-state index in [-0.39, 0.29) is 13.0 Å². The molecule has 0 bridgehead atoms. The first kappa shape index (κ1) is 18.0. The Kier molecular flexibility index (Phi) is 6.81. The van der Waals surface area contributed by atoms with Crippen LogP contribution in [-0.2, 0) is 14.3 Å². The van der Waals surface area contributed by atoms with E-state index in [4.69, 9.17) is 4.74 Å². The number of rotatable bonds is 7. The first-order chi connectivity index (χ1) is 11.5. The molecule has 0 aliphatic heterocycles. The molecular weight excluding hydrogens is 329 g/mol. The SMILES string of the molecule is Cc1ccc(SCCC(=O)OCC(=O)Nc2cccc(F)c2)cc1. The van der Waals surface area contributed by atoms with Crippen LogP contribution in [0.5, 0.6) is 0 Å². The van der Waals surface area contributed by atoms with Crippen LogP contribution in [0.2, 0.25) is 0 Å². The molecule has 0 radical (unpaired) electrons. The third-order valence-electron chi connectivity index (χ3n) is 3.07. The topological polar surface area (TPSA) is 55.4 Å². The van der Waals surface area contributed by atoms with Gasteiger partial charge in [-0.2, -0.15) is 0 Å². The summed E-state index contributed by atoms with van der Waals surface area (Å²) in [5, 5.41) is 2.46. The average Bonchev–Trinajstić information content (AvgIpc) is 2.55. The predicted molar refractivity (Wildman–Crippen MR) is 92.5 cm³/mol. The average molecular weight is 347 g/mol. The highest BCUT2D eigenvalue weighted by Crippen LogP contribution is 2.19. The number of carbonyl (C=O) groups is 2. The minimum atomic E-state index is -0.500. The molecule has 0 aliphatic carbocycles. The molecule has 0 atom stereocenters. The molecule has 6 heteroatoms. The van der Waals surface area contributed by atoms with Gasteiger partial charge in [0.05, 0.1) is 6.42 Å². The van der Waals surface area contributed by atoms with E-state index in [9.17, 15) is 14.0 Å². The number of hydrogen-bond acceptors (Lipinski definition) is 4. The van der Waals surface area contributed by atoms with Gasteiger partial charge in [0.15, 0.2) is 6.61 Å². The Bertz CT molecular complexity index is 704. The van der Waals surface area contributed by atoms with Gasteiger partial charge in [0.1, 0.15) is 5.82 Å². The van der Waals surface area contributed by atoms with Crippen molar-refractivity contribution in [1.29, 1.82) is 0 Å². The van der Waals surface area contributed by atoms with E-state index in [0.717, 1.165) is 4.90 Å². The number of nitrogens with one attached hydrogen (secondary N) is 1. The maximum atomic E-state index is 13.0. The van der Waals surface area contributed by atoms with Crippen molar-refractivity contribution in [2.24, 2.45) is 0 Å². The quantitative estimate of drug-likeness (QED) is 0.611. The summed E-state index contributed by atoms with van der Waals surface area (Å²) in [6.07, 6.45) is 0.214. The molecule has 0 unspecified atom stereocenters. The zero-order chi connectivity index (χ0) is 17.4. The van der Waals surface area contributed by atoms with E-state index < -0.39 is 17.7 Å². The molecule has 24 heavy (non-hydrogen) atoms. The number of carbonyl (C=O) groups excluding carboxylic acids is 2. The second-order valence-electron chi connectivity index (χ2n) is 5.13. The van der Waals surface area contributed by atoms with E-state index in [0.29, 0.717) is 11.4 Å². The van der Waals surface area contributed by atoms with Crippen LogP contribution >= 0.6 is 11.8 Å². The van der Waals surface area contributed by atoms with Gasteiger partial charge in [-0.3, -0.25) is 9.59 Å². The zero-order valence-electron chi connectivity index (χ0n) is 13.3. The lowest BCUT2D eigenvalue weighted by atomic mass is 10.2. The first-order valence-corrected chi connectivity index (χ1v) is 8.42. The summed E-state index contributed by atoms with van der Waals surface area (Å²) in [6.45, 7) is 1.63. The summed E-state index contributed by atoms with van der Waals surface area (Å²) in [7, 11) is 0. The monoisotopic (exact) mass is 347 g/mol. The van der Waals surface area contributed by atoms with Crippen LogP contribution in [0.1, 0.15) is 12.0 Å². The Labute approximate surface area is 144 Å². The van der Waals surface area contributed by atoms with Crippen molar-refractivity contribution >= 4 is 29.3 Å². The molecule has 0 heterocycles. The van der Waals surface area contributed by atoms with E-state index in [1.54, 1.807) is 17.8 Å². The lowest BCUT2D eigenvalue weighted by Gasteiger charge is -2.07. The van der Waals surface area contributed by atoms with Crippen LogP contribution < -0.4 is 5.32 Å². The van der Waals surface area contributed by atoms with Gasteiger partial charge in [-0.1, -0.05) is 23.8 Å². The van der Waals surface area contributed by atoms with Gasteiger partial charge in [0.25, 0.3) is 5.91 Å². The Morgan fingerprint density at radius 3 is 2.62 bits per heavy atom. The third kappa shape index (κ3) is 6.42. The summed E-state index contributed by atoms with van der Waals surface area (Å²) >= 11 is 1.55. The van der Waals surface area contributed by atoms with Crippen molar-refractivity contribution in [3.05, 3.63) is 59.9 Å². The van der Waals surface area contributed by atoms with Crippen molar-refractivity contribution < 1.29 is 18.7 Å². The molecule has 0 saturated heterocycles. The van der Waals surface area contributed by atoms with Crippen molar-refractivity contribution in [1.82, 2.24) is 0 Å². The molecule has 2 aromatic rings. The van der Waals surface area contributed by atoms with Crippen LogP contribution in [0.15, 0.2) is 53.4 Å². The molecule has 0 saturated carbocycles. The number of benzene rings is 2.